The number of carbonyl (C=O) groups is 1. The standard InChI is InChI=1S/C9H10O4/c1-9(11,8(10)13-12)7-5-3-2-4-6-7/h2-6,11-12H,1H3. The van der Waals surface area contributed by atoms with E-state index in [4.69, 9.17) is 5.26 Å². The summed E-state index contributed by atoms with van der Waals surface area (Å²) >= 11 is 0. The van der Waals surface area contributed by atoms with Crippen molar-refractivity contribution >= 4 is 5.97 Å². The van der Waals surface area contributed by atoms with Gasteiger partial charge in [0.2, 0.25) is 0 Å². The van der Waals surface area contributed by atoms with Gasteiger partial charge in [0.1, 0.15) is 0 Å². The average Bonchev–Trinajstić information content (AvgIpc) is 2.18. The summed E-state index contributed by atoms with van der Waals surface area (Å²) in [6.07, 6.45) is 0. The Morgan fingerprint density at radius 2 is 1.92 bits per heavy atom. The Kier molecular flexibility index (Phi) is 2.65. The molecule has 0 fully saturated rings. The molecule has 0 aliphatic heterocycles. The second-order valence-corrected chi connectivity index (χ2v) is 2.82. The van der Waals surface area contributed by atoms with E-state index in [-0.39, 0.29) is 0 Å². The van der Waals surface area contributed by atoms with Crippen LogP contribution in [-0.4, -0.2) is 16.3 Å². The van der Waals surface area contributed by atoms with E-state index in [1.165, 1.54) is 6.92 Å². The SMILES string of the molecule is CC(O)(C(=O)OO)c1ccccc1. The van der Waals surface area contributed by atoms with Crippen LogP contribution in [-0.2, 0) is 15.3 Å². The van der Waals surface area contributed by atoms with Gasteiger partial charge in [0.15, 0.2) is 5.60 Å². The van der Waals surface area contributed by atoms with Crippen LogP contribution < -0.4 is 0 Å². The highest BCUT2D eigenvalue weighted by molar-refractivity contribution is 5.79. The zero-order valence-corrected chi connectivity index (χ0v) is 7.10. The zero-order chi connectivity index (χ0) is 9.90. The fourth-order valence-electron chi connectivity index (χ4n) is 0.969. The first-order valence-electron chi connectivity index (χ1n) is 3.73. The van der Waals surface area contributed by atoms with Crippen LogP contribution in [0.15, 0.2) is 30.3 Å². The Morgan fingerprint density at radius 3 is 2.38 bits per heavy atom. The first kappa shape index (κ1) is 9.70. The normalized spacial score (nSPS) is 14.7. The summed E-state index contributed by atoms with van der Waals surface area (Å²) in [7, 11) is 0. The molecule has 0 aliphatic rings. The van der Waals surface area contributed by atoms with E-state index in [1.807, 2.05) is 0 Å². The van der Waals surface area contributed by atoms with Crippen molar-refractivity contribution in [3.05, 3.63) is 35.9 Å². The fourth-order valence-corrected chi connectivity index (χ4v) is 0.969. The molecule has 1 aromatic rings. The largest absolute Gasteiger partial charge is 0.377 e. The molecule has 4 nitrogen and oxygen atoms in total. The first-order chi connectivity index (χ1) is 6.09. The molecule has 0 bridgehead atoms. The predicted molar refractivity (Wildman–Crippen MR) is 44.7 cm³/mol. The quantitative estimate of drug-likeness (QED) is 0.527. The smallest absolute Gasteiger partial charge is 0.374 e. The topological polar surface area (TPSA) is 66.8 Å². The summed E-state index contributed by atoms with van der Waals surface area (Å²) < 4.78 is 0. The van der Waals surface area contributed by atoms with E-state index >= 15 is 0 Å². The van der Waals surface area contributed by atoms with Crippen LogP contribution in [0.1, 0.15) is 12.5 Å². The highest BCUT2D eigenvalue weighted by Crippen LogP contribution is 2.20. The monoisotopic (exact) mass is 182 g/mol. The Bertz CT molecular complexity index is 292. The third-order valence-corrected chi connectivity index (χ3v) is 1.82. The average molecular weight is 182 g/mol. The van der Waals surface area contributed by atoms with E-state index in [0.717, 1.165) is 0 Å². The Labute approximate surface area is 75.3 Å². The van der Waals surface area contributed by atoms with Crippen LogP contribution in [0, 0.1) is 0 Å². The molecule has 1 aromatic carbocycles. The minimum atomic E-state index is -1.81. The zero-order valence-electron chi connectivity index (χ0n) is 7.10. The summed E-state index contributed by atoms with van der Waals surface area (Å²) in [5, 5.41) is 17.7. The molecule has 70 valence electrons. The molecule has 0 saturated carbocycles. The second kappa shape index (κ2) is 3.55. The summed E-state index contributed by atoms with van der Waals surface area (Å²) in [4.78, 5) is 14.4. The molecule has 1 unspecified atom stereocenters. The van der Waals surface area contributed by atoms with Gasteiger partial charge in [-0.25, -0.2) is 4.79 Å². The third kappa shape index (κ3) is 1.85. The molecule has 2 N–H and O–H groups in total. The Morgan fingerprint density at radius 1 is 1.38 bits per heavy atom. The molecule has 1 rings (SSSR count). The van der Waals surface area contributed by atoms with Gasteiger partial charge < -0.3 is 5.11 Å². The molecule has 13 heavy (non-hydrogen) atoms. The fraction of sp³-hybridized carbons (Fsp3) is 0.222. The lowest BCUT2D eigenvalue weighted by Crippen LogP contribution is -2.33. The Hall–Kier alpha value is -1.39. The van der Waals surface area contributed by atoms with Gasteiger partial charge in [-0.15, -0.1) is 0 Å². The molecule has 0 aliphatic carbocycles. The van der Waals surface area contributed by atoms with E-state index in [2.05, 4.69) is 4.89 Å². The van der Waals surface area contributed by atoms with Crippen molar-refractivity contribution in [2.45, 2.75) is 12.5 Å². The van der Waals surface area contributed by atoms with Crippen molar-refractivity contribution in [3.63, 3.8) is 0 Å². The van der Waals surface area contributed by atoms with Gasteiger partial charge in [0.05, 0.1) is 0 Å². The van der Waals surface area contributed by atoms with E-state index in [1.54, 1.807) is 30.3 Å². The molecule has 1 atom stereocenters. The number of benzene rings is 1. The van der Waals surface area contributed by atoms with E-state index in [0.29, 0.717) is 5.56 Å². The number of carbonyl (C=O) groups excluding carboxylic acids is 1. The molecule has 0 saturated heterocycles. The molecular formula is C9H10O4. The van der Waals surface area contributed by atoms with Gasteiger partial charge in [-0.1, -0.05) is 30.3 Å². The van der Waals surface area contributed by atoms with Crippen molar-refractivity contribution in [2.24, 2.45) is 0 Å². The lowest BCUT2D eigenvalue weighted by atomic mass is 9.97. The van der Waals surface area contributed by atoms with Gasteiger partial charge in [-0.2, -0.15) is 5.26 Å². The van der Waals surface area contributed by atoms with Crippen LogP contribution >= 0.6 is 0 Å². The second-order valence-electron chi connectivity index (χ2n) is 2.82. The summed E-state index contributed by atoms with van der Waals surface area (Å²) in [5.74, 6) is -1.10. The van der Waals surface area contributed by atoms with Crippen molar-refractivity contribution in [1.29, 1.82) is 0 Å². The maximum absolute atomic E-state index is 10.9. The van der Waals surface area contributed by atoms with Crippen LogP contribution in [0.3, 0.4) is 0 Å². The molecule has 0 aromatic heterocycles. The Balaban J connectivity index is 3.00. The molecule has 0 heterocycles. The van der Waals surface area contributed by atoms with Crippen LogP contribution in [0.5, 0.6) is 0 Å². The number of hydrogen-bond donors (Lipinski definition) is 2. The third-order valence-electron chi connectivity index (χ3n) is 1.82. The van der Waals surface area contributed by atoms with Gasteiger partial charge in [0, 0.05) is 0 Å². The van der Waals surface area contributed by atoms with Crippen molar-refractivity contribution < 1.29 is 20.0 Å². The lowest BCUT2D eigenvalue weighted by Gasteiger charge is -2.18. The minimum absolute atomic E-state index is 0.369. The van der Waals surface area contributed by atoms with E-state index in [9.17, 15) is 9.90 Å². The van der Waals surface area contributed by atoms with E-state index < -0.39 is 11.6 Å². The van der Waals surface area contributed by atoms with Crippen molar-refractivity contribution in [1.82, 2.24) is 0 Å². The van der Waals surface area contributed by atoms with Crippen LogP contribution in [0.25, 0.3) is 0 Å². The lowest BCUT2D eigenvalue weighted by molar-refractivity contribution is -0.251. The molecule has 0 spiro atoms. The number of rotatable bonds is 2. The summed E-state index contributed by atoms with van der Waals surface area (Å²) in [5.41, 5.74) is -1.44. The molecule has 0 radical (unpaired) electrons. The highest BCUT2D eigenvalue weighted by atomic mass is 17.1. The molecule has 0 amide bonds. The van der Waals surface area contributed by atoms with Gasteiger partial charge in [0.25, 0.3) is 0 Å². The summed E-state index contributed by atoms with van der Waals surface area (Å²) in [6, 6.07) is 8.24. The molecule has 4 heteroatoms. The van der Waals surface area contributed by atoms with Crippen LogP contribution in [0.4, 0.5) is 0 Å². The number of aliphatic hydroxyl groups is 1. The number of hydrogen-bond acceptors (Lipinski definition) is 4. The van der Waals surface area contributed by atoms with Gasteiger partial charge in [-0.05, 0) is 12.5 Å². The van der Waals surface area contributed by atoms with Crippen molar-refractivity contribution in [3.8, 4) is 0 Å². The minimum Gasteiger partial charge on any atom is -0.374 e. The maximum atomic E-state index is 10.9. The van der Waals surface area contributed by atoms with Crippen molar-refractivity contribution in [2.75, 3.05) is 0 Å². The van der Waals surface area contributed by atoms with Gasteiger partial charge >= 0.3 is 5.97 Å². The summed E-state index contributed by atoms with van der Waals surface area (Å²) in [6.45, 7) is 1.25. The van der Waals surface area contributed by atoms with Gasteiger partial charge in [-0.3, -0.25) is 4.89 Å². The predicted octanol–water partition coefficient (Wildman–Crippen LogP) is 0.910. The molecular weight excluding hydrogens is 172 g/mol. The first-order valence-corrected chi connectivity index (χ1v) is 3.73. The highest BCUT2D eigenvalue weighted by Gasteiger charge is 2.34. The maximum Gasteiger partial charge on any atom is 0.377 e. The van der Waals surface area contributed by atoms with Crippen LogP contribution in [0.2, 0.25) is 0 Å².